The van der Waals surface area contributed by atoms with Crippen LogP contribution in [0.1, 0.15) is 55.8 Å². The van der Waals surface area contributed by atoms with Crippen molar-refractivity contribution < 1.29 is 19.6 Å². The van der Waals surface area contributed by atoms with E-state index < -0.39 is 22.3 Å². The normalized spacial score (nSPS) is 17.5. The van der Waals surface area contributed by atoms with Crippen molar-refractivity contribution in [3.8, 4) is 5.69 Å². The number of benzene rings is 1. The quantitative estimate of drug-likeness (QED) is 0.255. The summed E-state index contributed by atoms with van der Waals surface area (Å²) < 4.78 is 1.62. The molecule has 3 aromatic heterocycles. The molecular formula is C26H27N7O5S. The Labute approximate surface area is 227 Å². The van der Waals surface area contributed by atoms with Gasteiger partial charge < -0.3 is 15.3 Å². The van der Waals surface area contributed by atoms with E-state index in [9.17, 15) is 24.8 Å². The molecule has 1 amide bonds. The predicted molar refractivity (Wildman–Crippen MR) is 147 cm³/mol. The van der Waals surface area contributed by atoms with Crippen LogP contribution >= 0.6 is 11.3 Å². The number of rotatable bonds is 6. The Morgan fingerprint density at radius 3 is 2.49 bits per heavy atom. The smallest absolute Gasteiger partial charge is 0.329 e. The predicted octanol–water partition coefficient (Wildman–Crippen LogP) is 4.78. The van der Waals surface area contributed by atoms with Gasteiger partial charge in [0.1, 0.15) is 11.4 Å². The lowest BCUT2D eigenvalue weighted by molar-refractivity contribution is -0.380. The molecule has 1 aliphatic heterocycles. The first kappa shape index (κ1) is 26.2. The molecule has 0 bridgehead atoms. The van der Waals surface area contributed by atoms with Crippen molar-refractivity contribution in [2.75, 3.05) is 16.8 Å². The molecule has 39 heavy (non-hydrogen) atoms. The lowest BCUT2D eigenvalue weighted by Gasteiger charge is -2.31. The Hall–Kier alpha value is -4.39. The summed E-state index contributed by atoms with van der Waals surface area (Å²) in [5.74, 6) is -1.30. The van der Waals surface area contributed by atoms with E-state index in [0.29, 0.717) is 30.4 Å². The number of carbonyl (C=O) groups excluding carboxylic acids is 1. The number of fused-ring (bicyclic) bond motifs is 1. The molecule has 13 heteroatoms. The fraction of sp³-hybridized carbons (Fsp3) is 0.346. The van der Waals surface area contributed by atoms with Gasteiger partial charge >= 0.3 is 11.0 Å². The number of hydrogen-bond donors (Lipinski definition) is 2. The number of aliphatic carboxylic acids is 1. The zero-order chi connectivity index (χ0) is 28.1. The SMILES string of the molecule is CC(C)(C)c1ccc(-n2ncc3c(NC(=O)c4ccc([N+](=O)[O-])s4)nc(N4CCC[C@@]4(C)C(=O)O)nc32)cc1. The molecule has 0 saturated carbocycles. The van der Waals surface area contributed by atoms with E-state index in [4.69, 9.17) is 4.98 Å². The summed E-state index contributed by atoms with van der Waals surface area (Å²) in [5.41, 5.74) is 1.01. The van der Waals surface area contributed by atoms with E-state index in [0.717, 1.165) is 22.6 Å². The molecule has 1 atom stereocenters. The fourth-order valence-corrected chi connectivity index (χ4v) is 5.34. The van der Waals surface area contributed by atoms with E-state index >= 15 is 0 Å². The van der Waals surface area contributed by atoms with Gasteiger partial charge in [0.05, 0.1) is 27.1 Å². The molecular weight excluding hydrogens is 522 g/mol. The number of hydrogen-bond acceptors (Lipinski definition) is 9. The van der Waals surface area contributed by atoms with E-state index in [1.807, 2.05) is 24.3 Å². The van der Waals surface area contributed by atoms with Crippen LogP contribution in [-0.4, -0.2) is 53.7 Å². The van der Waals surface area contributed by atoms with Crippen molar-refractivity contribution in [2.24, 2.45) is 0 Å². The second kappa shape index (κ2) is 9.42. The third-order valence-corrected chi connectivity index (χ3v) is 8.00. The summed E-state index contributed by atoms with van der Waals surface area (Å²) in [6, 6.07) is 10.5. The maximum Gasteiger partial charge on any atom is 0.329 e. The Balaban J connectivity index is 1.62. The van der Waals surface area contributed by atoms with Gasteiger partial charge in [0.25, 0.3) is 5.91 Å². The van der Waals surface area contributed by atoms with Crippen LogP contribution in [0.4, 0.5) is 16.8 Å². The second-order valence-corrected chi connectivity index (χ2v) is 11.7. The van der Waals surface area contributed by atoms with Gasteiger partial charge in [-0.1, -0.05) is 44.2 Å². The maximum atomic E-state index is 13.1. The summed E-state index contributed by atoms with van der Waals surface area (Å²) in [6.07, 6.45) is 2.58. The first-order valence-electron chi connectivity index (χ1n) is 12.3. The molecule has 0 unspecified atom stereocenters. The third-order valence-electron chi connectivity index (χ3n) is 6.97. The van der Waals surface area contributed by atoms with Crippen molar-refractivity contribution in [1.82, 2.24) is 19.7 Å². The maximum absolute atomic E-state index is 13.1. The Kier molecular flexibility index (Phi) is 6.33. The minimum Gasteiger partial charge on any atom is -0.480 e. The average Bonchev–Trinajstić information content (AvgIpc) is 3.62. The first-order valence-corrected chi connectivity index (χ1v) is 13.1. The van der Waals surface area contributed by atoms with Gasteiger partial charge in [-0.25, -0.2) is 9.48 Å². The number of aromatic nitrogens is 4. The summed E-state index contributed by atoms with van der Waals surface area (Å²) in [4.78, 5) is 46.8. The van der Waals surface area contributed by atoms with E-state index in [2.05, 4.69) is 36.2 Å². The molecule has 1 aliphatic rings. The highest BCUT2D eigenvalue weighted by molar-refractivity contribution is 7.17. The third kappa shape index (κ3) is 4.69. The highest BCUT2D eigenvalue weighted by Crippen LogP contribution is 2.35. The number of nitrogens with one attached hydrogen (secondary N) is 1. The highest BCUT2D eigenvalue weighted by Gasteiger charge is 2.45. The van der Waals surface area contributed by atoms with Crippen LogP contribution in [0, 0.1) is 10.1 Å². The highest BCUT2D eigenvalue weighted by atomic mass is 32.1. The van der Waals surface area contributed by atoms with Crippen LogP contribution in [0.25, 0.3) is 16.7 Å². The summed E-state index contributed by atoms with van der Waals surface area (Å²) in [7, 11) is 0. The molecule has 4 aromatic rings. The molecule has 0 radical (unpaired) electrons. The number of thiophene rings is 1. The molecule has 202 valence electrons. The molecule has 1 saturated heterocycles. The lowest BCUT2D eigenvalue weighted by Crippen LogP contribution is -2.49. The first-order chi connectivity index (χ1) is 18.4. The van der Waals surface area contributed by atoms with Gasteiger partial charge in [-0.15, -0.1) is 0 Å². The molecule has 2 N–H and O–H groups in total. The average molecular weight is 550 g/mol. The number of amides is 1. The van der Waals surface area contributed by atoms with Gasteiger partial charge in [-0.05, 0) is 48.9 Å². The van der Waals surface area contributed by atoms with E-state index in [1.54, 1.807) is 16.5 Å². The second-order valence-electron chi connectivity index (χ2n) is 10.6. The van der Waals surface area contributed by atoms with Crippen LogP contribution in [0.5, 0.6) is 0 Å². The van der Waals surface area contributed by atoms with E-state index in [-0.39, 0.29) is 27.1 Å². The van der Waals surface area contributed by atoms with Gasteiger partial charge in [0.2, 0.25) is 5.95 Å². The van der Waals surface area contributed by atoms with Crippen LogP contribution in [0.2, 0.25) is 0 Å². The molecule has 0 aliphatic carbocycles. The Bertz CT molecular complexity index is 1610. The topological polar surface area (TPSA) is 156 Å². The minimum atomic E-state index is -1.22. The van der Waals surface area contributed by atoms with Crippen molar-refractivity contribution >= 4 is 51.0 Å². The van der Waals surface area contributed by atoms with Crippen molar-refractivity contribution in [2.45, 2.75) is 51.5 Å². The number of nitrogens with zero attached hydrogens (tertiary/aromatic N) is 6. The van der Waals surface area contributed by atoms with Crippen molar-refractivity contribution in [1.29, 1.82) is 0 Å². The van der Waals surface area contributed by atoms with Gasteiger partial charge in [0.15, 0.2) is 5.65 Å². The van der Waals surface area contributed by atoms with Crippen LogP contribution in [0.3, 0.4) is 0 Å². The number of carbonyl (C=O) groups is 2. The largest absolute Gasteiger partial charge is 0.480 e. The molecule has 1 aromatic carbocycles. The van der Waals surface area contributed by atoms with Crippen molar-refractivity contribution in [3.05, 3.63) is 63.1 Å². The number of nitro groups is 1. The lowest BCUT2D eigenvalue weighted by atomic mass is 9.87. The standard InChI is InChI=1S/C26H27N7O5S/c1-25(2,3)15-6-8-16(9-7-15)32-21-17(14-27-32)20(28-22(34)18-10-11-19(39-18)33(37)38)29-24(30-21)31-13-5-12-26(31,4)23(35)36/h6-11,14H,5,12-13H2,1-4H3,(H,35,36)(H,28,29,30,34)/t26-/m0/s1. The van der Waals surface area contributed by atoms with Gasteiger partial charge in [-0.3, -0.25) is 14.9 Å². The number of anilines is 2. The molecule has 12 nitrogen and oxygen atoms in total. The number of carboxylic acids is 1. The molecule has 4 heterocycles. The fourth-order valence-electron chi connectivity index (χ4n) is 4.63. The summed E-state index contributed by atoms with van der Waals surface area (Å²) >= 11 is 0.749. The Morgan fingerprint density at radius 1 is 1.15 bits per heavy atom. The van der Waals surface area contributed by atoms with Gasteiger partial charge in [0, 0.05) is 12.6 Å². The van der Waals surface area contributed by atoms with Gasteiger partial charge in [-0.2, -0.15) is 15.1 Å². The summed E-state index contributed by atoms with van der Waals surface area (Å²) in [5, 5.41) is 28.6. The Morgan fingerprint density at radius 2 is 1.87 bits per heavy atom. The monoisotopic (exact) mass is 549 g/mol. The van der Waals surface area contributed by atoms with Crippen LogP contribution < -0.4 is 10.2 Å². The van der Waals surface area contributed by atoms with E-state index in [1.165, 1.54) is 18.3 Å². The molecule has 1 fully saturated rings. The van der Waals surface area contributed by atoms with Crippen LogP contribution in [0.15, 0.2) is 42.6 Å². The van der Waals surface area contributed by atoms with Crippen LogP contribution in [-0.2, 0) is 10.2 Å². The van der Waals surface area contributed by atoms with Crippen molar-refractivity contribution in [3.63, 3.8) is 0 Å². The zero-order valence-corrected chi connectivity index (χ0v) is 22.7. The molecule has 5 rings (SSSR count). The number of carboxylic acid groups (broad SMARTS) is 1. The molecule has 0 spiro atoms. The zero-order valence-electron chi connectivity index (χ0n) is 21.8. The summed E-state index contributed by atoms with van der Waals surface area (Å²) in [6.45, 7) is 8.42. The minimum absolute atomic E-state index is 0.0363.